The van der Waals surface area contributed by atoms with Crippen LogP contribution in [0.3, 0.4) is 0 Å². The first-order valence-electron chi connectivity index (χ1n) is 6.52. The molecule has 0 heterocycles. The Morgan fingerprint density at radius 1 is 0.708 bits per heavy atom. The molecule has 0 saturated heterocycles. The summed E-state index contributed by atoms with van der Waals surface area (Å²) in [5, 5.41) is 0. The molecule has 0 bridgehead atoms. The fourth-order valence-electron chi connectivity index (χ4n) is 2.19. The SMILES string of the molecule is Nc1cccc(C(Oc2ccccc2)(C(F)(F)F)C(F)(F)F)c1N. The monoisotopic (exact) mass is 350 g/mol. The number of benzene rings is 2. The van der Waals surface area contributed by atoms with Crippen molar-refractivity contribution in [2.75, 3.05) is 11.5 Å². The third-order valence-electron chi connectivity index (χ3n) is 3.33. The molecule has 0 aromatic heterocycles. The van der Waals surface area contributed by atoms with Crippen LogP contribution in [0.25, 0.3) is 0 Å². The number of alkyl halides is 6. The third-order valence-corrected chi connectivity index (χ3v) is 3.33. The molecule has 0 fully saturated rings. The molecule has 130 valence electrons. The number of hydrogen-bond acceptors (Lipinski definition) is 3. The zero-order valence-electron chi connectivity index (χ0n) is 11.9. The van der Waals surface area contributed by atoms with Crippen LogP contribution in [0.1, 0.15) is 5.56 Å². The highest BCUT2D eigenvalue weighted by Crippen LogP contribution is 2.54. The minimum atomic E-state index is -5.84. The molecule has 0 aliphatic heterocycles. The lowest BCUT2D eigenvalue weighted by Gasteiger charge is -2.38. The third kappa shape index (κ3) is 2.81. The predicted molar refractivity (Wildman–Crippen MR) is 76.1 cm³/mol. The summed E-state index contributed by atoms with van der Waals surface area (Å²) in [7, 11) is 0. The Kier molecular flexibility index (Phi) is 4.30. The van der Waals surface area contributed by atoms with Crippen LogP contribution < -0.4 is 16.2 Å². The van der Waals surface area contributed by atoms with Gasteiger partial charge in [-0.1, -0.05) is 30.3 Å². The summed E-state index contributed by atoms with van der Waals surface area (Å²) in [5.41, 5.74) is 3.57. The Balaban J connectivity index is 2.79. The lowest BCUT2D eigenvalue weighted by molar-refractivity contribution is -0.364. The molecule has 3 nitrogen and oxygen atoms in total. The van der Waals surface area contributed by atoms with Crippen molar-refractivity contribution in [3.8, 4) is 5.75 Å². The van der Waals surface area contributed by atoms with Crippen LogP contribution in [0, 0.1) is 0 Å². The second-order valence-corrected chi connectivity index (χ2v) is 4.90. The maximum atomic E-state index is 13.6. The zero-order chi connectivity index (χ0) is 18.2. The van der Waals surface area contributed by atoms with E-state index in [9.17, 15) is 26.3 Å². The summed E-state index contributed by atoms with van der Waals surface area (Å²) in [6.45, 7) is 0. The molecule has 0 radical (unpaired) electrons. The molecule has 2 aromatic carbocycles. The van der Waals surface area contributed by atoms with Gasteiger partial charge in [-0.05, 0) is 18.2 Å². The number of para-hydroxylation sites is 2. The van der Waals surface area contributed by atoms with Crippen molar-refractivity contribution in [2.24, 2.45) is 0 Å². The smallest absolute Gasteiger partial charge is 0.442 e. The topological polar surface area (TPSA) is 61.3 Å². The Labute approximate surface area is 132 Å². The molecule has 0 amide bonds. The van der Waals surface area contributed by atoms with E-state index in [0.717, 1.165) is 24.3 Å². The lowest BCUT2D eigenvalue weighted by atomic mass is 9.89. The first-order valence-corrected chi connectivity index (χ1v) is 6.52. The van der Waals surface area contributed by atoms with Crippen LogP contribution in [0.4, 0.5) is 37.7 Å². The maximum Gasteiger partial charge on any atom is 0.442 e. The van der Waals surface area contributed by atoms with Gasteiger partial charge in [0.25, 0.3) is 0 Å². The van der Waals surface area contributed by atoms with E-state index in [1.807, 2.05) is 0 Å². The van der Waals surface area contributed by atoms with Crippen molar-refractivity contribution >= 4 is 11.4 Å². The fourth-order valence-corrected chi connectivity index (χ4v) is 2.19. The molecule has 2 aromatic rings. The highest BCUT2D eigenvalue weighted by atomic mass is 19.4. The molecule has 24 heavy (non-hydrogen) atoms. The minimum Gasteiger partial charge on any atom is -0.464 e. The van der Waals surface area contributed by atoms with Crippen molar-refractivity contribution in [1.29, 1.82) is 0 Å². The van der Waals surface area contributed by atoms with Crippen molar-refractivity contribution in [1.82, 2.24) is 0 Å². The number of nitrogens with two attached hydrogens (primary N) is 2. The maximum absolute atomic E-state index is 13.6. The van der Waals surface area contributed by atoms with Crippen LogP contribution in [0.5, 0.6) is 5.75 Å². The number of hydrogen-bond donors (Lipinski definition) is 2. The van der Waals surface area contributed by atoms with Crippen molar-refractivity contribution in [3.05, 3.63) is 54.1 Å². The molecule has 0 unspecified atom stereocenters. The molecular formula is C15H12F6N2O. The van der Waals surface area contributed by atoms with Crippen LogP contribution in [-0.4, -0.2) is 12.4 Å². The number of ether oxygens (including phenoxy) is 1. The summed E-state index contributed by atoms with van der Waals surface area (Å²) in [5.74, 6) is -0.617. The summed E-state index contributed by atoms with van der Waals surface area (Å²) < 4.78 is 86.1. The van der Waals surface area contributed by atoms with Gasteiger partial charge in [-0.2, -0.15) is 26.3 Å². The van der Waals surface area contributed by atoms with Gasteiger partial charge in [-0.3, -0.25) is 0 Å². The first-order chi connectivity index (χ1) is 11.0. The highest BCUT2D eigenvalue weighted by molar-refractivity contribution is 5.69. The molecule has 0 spiro atoms. The highest BCUT2D eigenvalue weighted by Gasteiger charge is 2.75. The number of nitrogen functional groups attached to an aromatic ring is 2. The normalized spacial score (nSPS) is 12.9. The van der Waals surface area contributed by atoms with Crippen molar-refractivity contribution < 1.29 is 31.1 Å². The molecule has 4 N–H and O–H groups in total. The lowest BCUT2D eigenvalue weighted by Crippen LogP contribution is -2.58. The number of anilines is 2. The van der Waals surface area contributed by atoms with Crippen LogP contribution >= 0.6 is 0 Å². The zero-order valence-corrected chi connectivity index (χ0v) is 11.9. The van der Waals surface area contributed by atoms with Gasteiger partial charge >= 0.3 is 18.0 Å². The van der Waals surface area contributed by atoms with Gasteiger partial charge in [-0.15, -0.1) is 0 Å². The van der Waals surface area contributed by atoms with Crippen LogP contribution in [0.2, 0.25) is 0 Å². The average Bonchev–Trinajstić information content (AvgIpc) is 2.46. The standard InChI is InChI=1S/C15H12F6N2O/c16-14(17,18)13(15(19,20)21,24-9-5-2-1-3-6-9)10-7-4-8-11(22)12(10)23/h1-8H,22-23H2. The molecule has 0 aliphatic carbocycles. The quantitative estimate of drug-likeness (QED) is 0.643. The Morgan fingerprint density at radius 2 is 1.25 bits per heavy atom. The first kappa shape index (κ1) is 17.8. The molecular weight excluding hydrogens is 338 g/mol. The van der Waals surface area contributed by atoms with E-state index in [-0.39, 0.29) is 0 Å². The van der Waals surface area contributed by atoms with Crippen molar-refractivity contribution in [3.63, 3.8) is 0 Å². The summed E-state index contributed by atoms with van der Waals surface area (Å²) in [6.07, 6.45) is -11.7. The summed E-state index contributed by atoms with van der Waals surface area (Å²) >= 11 is 0. The van der Waals surface area contributed by atoms with E-state index in [4.69, 9.17) is 11.5 Å². The van der Waals surface area contributed by atoms with Gasteiger partial charge < -0.3 is 16.2 Å². The van der Waals surface area contributed by atoms with Gasteiger partial charge in [0.05, 0.1) is 11.4 Å². The molecule has 0 aliphatic rings. The van der Waals surface area contributed by atoms with Gasteiger partial charge in [0.2, 0.25) is 0 Å². The van der Waals surface area contributed by atoms with E-state index in [1.54, 1.807) is 0 Å². The number of halogens is 6. The second kappa shape index (κ2) is 5.81. The molecule has 0 atom stereocenters. The van der Waals surface area contributed by atoms with Crippen molar-refractivity contribution in [2.45, 2.75) is 18.0 Å². The molecule has 0 saturated carbocycles. The molecule has 2 rings (SSSR count). The average molecular weight is 350 g/mol. The van der Waals surface area contributed by atoms with Crippen LogP contribution in [-0.2, 0) is 5.60 Å². The van der Waals surface area contributed by atoms with Gasteiger partial charge in [0.1, 0.15) is 5.75 Å². The fraction of sp³-hybridized carbons (Fsp3) is 0.200. The Bertz CT molecular complexity index is 698. The van der Waals surface area contributed by atoms with E-state index >= 15 is 0 Å². The van der Waals surface area contributed by atoms with Crippen LogP contribution in [0.15, 0.2) is 48.5 Å². The van der Waals surface area contributed by atoms with E-state index in [1.165, 1.54) is 18.2 Å². The van der Waals surface area contributed by atoms with E-state index in [2.05, 4.69) is 4.74 Å². The van der Waals surface area contributed by atoms with E-state index in [0.29, 0.717) is 6.07 Å². The summed E-state index contributed by atoms with van der Waals surface area (Å²) in [4.78, 5) is 0. The van der Waals surface area contributed by atoms with Gasteiger partial charge in [0, 0.05) is 5.56 Å². The number of rotatable bonds is 3. The minimum absolute atomic E-state index is 0.415. The Hall–Kier alpha value is -2.58. The predicted octanol–water partition coefficient (Wildman–Crippen LogP) is 4.25. The largest absolute Gasteiger partial charge is 0.464 e. The van der Waals surface area contributed by atoms with E-state index < -0.39 is 40.6 Å². The van der Waals surface area contributed by atoms with Gasteiger partial charge in [-0.25, -0.2) is 0 Å². The molecule has 9 heteroatoms. The summed E-state index contributed by atoms with van der Waals surface area (Å²) in [6, 6.07) is 8.51. The Morgan fingerprint density at radius 3 is 1.75 bits per heavy atom. The van der Waals surface area contributed by atoms with Gasteiger partial charge in [0.15, 0.2) is 0 Å². The second-order valence-electron chi connectivity index (χ2n) is 4.90.